The Kier molecular flexibility index (Phi) is 5.61. The average molecular weight is 347 g/mol. The minimum Gasteiger partial charge on any atom is -0.492 e. The first-order valence-electron chi connectivity index (χ1n) is 7.95. The minimum atomic E-state index is -0.574. The van der Waals surface area contributed by atoms with Crippen LogP contribution in [0.4, 0.5) is 11.6 Å². The van der Waals surface area contributed by atoms with Crippen molar-refractivity contribution in [1.82, 2.24) is 14.9 Å². The predicted octanol–water partition coefficient (Wildman–Crippen LogP) is 3.07. The zero-order valence-electron chi connectivity index (χ0n) is 13.2. The van der Waals surface area contributed by atoms with Crippen molar-refractivity contribution in [2.45, 2.75) is 12.8 Å². The van der Waals surface area contributed by atoms with Gasteiger partial charge >= 0.3 is 0 Å². The van der Waals surface area contributed by atoms with Gasteiger partial charge < -0.3 is 10.1 Å². The minimum absolute atomic E-state index is 0.265. The summed E-state index contributed by atoms with van der Waals surface area (Å²) in [6, 6.07) is 7.63. The van der Waals surface area contributed by atoms with Crippen LogP contribution in [0.5, 0.6) is 5.75 Å². The van der Waals surface area contributed by atoms with Crippen LogP contribution in [-0.4, -0.2) is 46.4 Å². The van der Waals surface area contributed by atoms with Crippen LogP contribution in [0.3, 0.4) is 0 Å². The molecule has 1 aromatic carbocycles. The normalized spacial score (nSPS) is 14.5. The number of nitrogens with one attached hydrogen (secondary N) is 1. The van der Waals surface area contributed by atoms with Gasteiger partial charge in [-0.05, 0) is 49.7 Å². The number of aromatic nitrogens is 2. The van der Waals surface area contributed by atoms with Crippen molar-refractivity contribution >= 4 is 28.5 Å². The summed E-state index contributed by atoms with van der Waals surface area (Å²) in [5, 5.41) is 2.50. The summed E-state index contributed by atoms with van der Waals surface area (Å²) in [5.41, 5.74) is 1.08. The number of carbonyl (C=O) groups is 1. The van der Waals surface area contributed by atoms with Crippen LogP contribution in [0.25, 0.3) is 0 Å². The van der Waals surface area contributed by atoms with Gasteiger partial charge in [-0.1, -0.05) is 6.07 Å². The largest absolute Gasteiger partial charge is 0.492 e. The van der Waals surface area contributed by atoms with E-state index >= 15 is 0 Å². The van der Waals surface area contributed by atoms with Crippen molar-refractivity contribution in [3.63, 3.8) is 0 Å². The molecule has 1 aliphatic heterocycles. The topological polar surface area (TPSA) is 67.3 Å². The SMILES string of the molecule is O=C(Cl)c1cnc(Nc2cccc(OCCN3CCCC3)c2)nc1. The van der Waals surface area contributed by atoms with Gasteiger partial charge in [0.15, 0.2) is 0 Å². The highest BCUT2D eigenvalue weighted by molar-refractivity contribution is 6.67. The molecule has 0 aliphatic carbocycles. The third-order valence-electron chi connectivity index (χ3n) is 3.84. The van der Waals surface area contributed by atoms with E-state index in [0.717, 1.165) is 18.0 Å². The number of anilines is 2. The third kappa shape index (κ3) is 4.66. The number of benzene rings is 1. The van der Waals surface area contributed by atoms with E-state index in [1.54, 1.807) is 0 Å². The Morgan fingerprint density at radius 1 is 1.25 bits per heavy atom. The monoisotopic (exact) mass is 346 g/mol. The first-order chi connectivity index (χ1) is 11.7. The van der Waals surface area contributed by atoms with E-state index < -0.39 is 5.24 Å². The van der Waals surface area contributed by atoms with Crippen LogP contribution in [0.2, 0.25) is 0 Å². The van der Waals surface area contributed by atoms with Crippen LogP contribution >= 0.6 is 11.6 Å². The zero-order valence-corrected chi connectivity index (χ0v) is 14.0. The highest BCUT2D eigenvalue weighted by Crippen LogP contribution is 2.20. The van der Waals surface area contributed by atoms with Crippen molar-refractivity contribution < 1.29 is 9.53 Å². The molecule has 0 unspecified atom stereocenters. The average Bonchev–Trinajstić information content (AvgIpc) is 3.09. The summed E-state index contributed by atoms with van der Waals surface area (Å²) < 4.78 is 5.81. The molecule has 0 atom stereocenters. The molecule has 6 nitrogen and oxygen atoms in total. The van der Waals surface area contributed by atoms with Gasteiger partial charge in [0.2, 0.25) is 5.95 Å². The molecule has 1 aromatic heterocycles. The Balaban J connectivity index is 1.55. The number of likely N-dealkylation sites (tertiary alicyclic amines) is 1. The van der Waals surface area contributed by atoms with Crippen molar-refractivity contribution in [3.8, 4) is 5.75 Å². The van der Waals surface area contributed by atoms with Gasteiger partial charge in [-0.2, -0.15) is 0 Å². The van der Waals surface area contributed by atoms with Crippen LogP contribution < -0.4 is 10.1 Å². The van der Waals surface area contributed by atoms with E-state index in [1.807, 2.05) is 24.3 Å². The molecule has 0 spiro atoms. The first kappa shape index (κ1) is 16.7. The van der Waals surface area contributed by atoms with E-state index in [9.17, 15) is 4.79 Å². The number of carbonyl (C=O) groups excluding carboxylic acids is 1. The number of ether oxygens (including phenoxy) is 1. The van der Waals surface area contributed by atoms with Crippen molar-refractivity contribution in [2.75, 3.05) is 31.6 Å². The van der Waals surface area contributed by atoms with Crippen LogP contribution in [0.1, 0.15) is 23.2 Å². The summed E-state index contributed by atoms with van der Waals surface area (Å²) >= 11 is 5.37. The van der Waals surface area contributed by atoms with Gasteiger partial charge in [0.25, 0.3) is 5.24 Å². The molecule has 1 aliphatic rings. The Morgan fingerprint density at radius 3 is 2.71 bits per heavy atom. The molecular formula is C17H19ClN4O2. The summed E-state index contributed by atoms with van der Waals surface area (Å²) in [4.78, 5) is 21.5. The van der Waals surface area contributed by atoms with Crippen molar-refractivity contribution in [1.29, 1.82) is 0 Å². The predicted molar refractivity (Wildman–Crippen MR) is 93.1 cm³/mol. The van der Waals surface area contributed by atoms with E-state index in [4.69, 9.17) is 16.3 Å². The zero-order chi connectivity index (χ0) is 16.8. The molecule has 126 valence electrons. The maximum atomic E-state index is 11.0. The van der Waals surface area contributed by atoms with E-state index in [-0.39, 0.29) is 5.56 Å². The van der Waals surface area contributed by atoms with Crippen molar-refractivity contribution in [2.24, 2.45) is 0 Å². The lowest BCUT2D eigenvalue weighted by atomic mass is 10.3. The molecule has 3 rings (SSSR count). The Bertz CT molecular complexity index is 687. The lowest BCUT2D eigenvalue weighted by Crippen LogP contribution is -2.25. The van der Waals surface area contributed by atoms with E-state index in [1.165, 1.54) is 38.3 Å². The second-order valence-corrected chi connectivity index (χ2v) is 5.96. The van der Waals surface area contributed by atoms with Gasteiger partial charge in [-0.15, -0.1) is 0 Å². The fourth-order valence-electron chi connectivity index (χ4n) is 2.59. The highest BCUT2D eigenvalue weighted by Gasteiger charge is 2.10. The van der Waals surface area contributed by atoms with E-state index in [2.05, 4.69) is 20.2 Å². The molecule has 0 amide bonds. The maximum absolute atomic E-state index is 11.0. The van der Waals surface area contributed by atoms with Gasteiger partial charge in [-0.25, -0.2) is 9.97 Å². The second kappa shape index (κ2) is 8.08. The molecule has 1 fully saturated rings. The quantitative estimate of drug-likeness (QED) is 0.777. The number of halogens is 1. The molecule has 0 saturated carbocycles. The summed E-state index contributed by atoms with van der Waals surface area (Å²) in [5.74, 6) is 1.19. The third-order valence-corrected chi connectivity index (χ3v) is 4.06. The van der Waals surface area contributed by atoms with Gasteiger partial charge in [0.05, 0.1) is 5.56 Å². The Hall–Kier alpha value is -2.18. The number of hydrogen-bond donors (Lipinski definition) is 1. The standard InChI is InChI=1S/C17H19ClN4O2/c18-16(23)13-11-19-17(20-12-13)21-14-4-3-5-15(10-14)24-9-8-22-6-1-2-7-22/h3-5,10-12H,1-2,6-9H2,(H,19,20,21). The Morgan fingerprint density at radius 2 is 2.00 bits per heavy atom. The molecular weight excluding hydrogens is 328 g/mol. The molecule has 7 heteroatoms. The highest BCUT2D eigenvalue weighted by atomic mass is 35.5. The van der Waals surface area contributed by atoms with Crippen LogP contribution in [0.15, 0.2) is 36.7 Å². The fourth-order valence-corrected chi connectivity index (χ4v) is 2.68. The van der Waals surface area contributed by atoms with Gasteiger partial charge in [-0.3, -0.25) is 9.69 Å². The first-order valence-corrected chi connectivity index (χ1v) is 8.32. The molecule has 1 saturated heterocycles. The van der Waals surface area contributed by atoms with E-state index in [0.29, 0.717) is 12.6 Å². The van der Waals surface area contributed by atoms with Gasteiger partial charge in [0.1, 0.15) is 12.4 Å². The summed E-state index contributed by atoms with van der Waals surface area (Å²) in [7, 11) is 0. The number of nitrogens with zero attached hydrogens (tertiary/aromatic N) is 3. The second-order valence-electron chi connectivity index (χ2n) is 5.62. The summed E-state index contributed by atoms with van der Waals surface area (Å²) in [6.45, 7) is 3.97. The molecule has 2 heterocycles. The molecule has 2 aromatic rings. The Labute approximate surface area is 145 Å². The molecule has 24 heavy (non-hydrogen) atoms. The lowest BCUT2D eigenvalue weighted by molar-refractivity contribution is 0.108. The maximum Gasteiger partial charge on any atom is 0.255 e. The smallest absolute Gasteiger partial charge is 0.255 e. The number of rotatable bonds is 7. The van der Waals surface area contributed by atoms with Gasteiger partial charge in [0, 0.05) is 30.7 Å². The van der Waals surface area contributed by atoms with Crippen LogP contribution in [0, 0.1) is 0 Å². The summed E-state index contributed by atoms with van der Waals surface area (Å²) in [6.07, 6.45) is 5.35. The van der Waals surface area contributed by atoms with Crippen LogP contribution in [-0.2, 0) is 0 Å². The fraction of sp³-hybridized carbons (Fsp3) is 0.353. The lowest BCUT2D eigenvalue weighted by Gasteiger charge is -2.15. The molecule has 0 bridgehead atoms. The molecule has 0 radical (unpaired) electrons. The molecule has 1 N–H and O–H groups in total. The number of hydrogen-bond acceptors (Lipinski definition) is 6. The van der Waals surface area contributed by atoms with Crippen molar-refractivity contribution in [3.05, 3.63) is 42.2 Å².